The summed E-state index contributed by atoms with van der Waals surface area (Å²) >= 11 is 0. The molecule has 1 aliphatic heterocycles. The van der Waals surface area contributed by atoms with Gasteiger partial charge in [-0.15, -0.1) is 10.2 Å². The van der Waals surface area contributed by atoms with E-state index in [0.29, 0.717) is 42.1 Å². The van der Waals surface area contributed by atoms with Crippen LogP contribution in [0.3, 0.4) is 0 Å². The van der Waals surface area contributed by atoms with E-state index in [0.717, 1.165) is 18.4 Å². The Balaban J connectivity index is 1.44. The van der Waals surface area contributed by atoms with E-state index in [1.165, 1.54) is 0 Å². The number of likely N-dealkylation sites (tertiary alicyclic amines) is 1. The number of hydrogen-bond acceptors (Lipinski definition) is 7. The number of pyridine rings is 1. The van der Waals surface area contributed by atoms with Crippen molar-refractivity contribution < 1.29 is 18.7 Å². The highest BCUT2D eigenvalue weighted by Crippen LogP contribution is 2.33. The Kier molecular flexibility index (Phi) is 5.92. The van der Waals surface area contributed by atoms with Crippen LogP contribution in [0.15, 0.2) is 47.0 Å². The molecule has 1 saturated heterocycles. The molecule has 3 aromatic rings. The van der Waals surface area contributed by atoms with E-state index in [9.17, 15) is 4.79 Å². The fraction of sp³-hybridized carbons (Fsp3) is 0.364. The molecule has 1 unspecified atom stereocenters. The van der Waals surface area contributed by atoms with Crippen LogP contribution in [0, 0.1) is 6.92 Å². The summed E-state index contributed by atoms with van der Waals surface area (Å²) in [5.74, 6) is 1.84. The van der Waals surface area contributed by atoms with Crippen molar-refractivity contribution in [1.82, 2.24) is 20.1 Å². The minimum atomic E-state index is -0.254. The van der Waals surface area contributed by atoms with Gasteiger partial charge in [-0.05, 0) is 56.5 Å². The SMILES string of the molecule is CCOc1cc(C)ccc1OCC(=O)N1CCCC1c1nnc(-c2ccccn2)o1. The molecule has 0 aliphatic carbocycles. The van der Waals surface area contributed by atoms with Gasteiger partial charge in [0.15, 0.2) is 18.1 Å². The first-order valence-electron chi connectivity index (χ1n) is 10.1. The Labute approximate surface area is 174 Å². The largest absolute Gasteiger partial charge is 0.490 e. The minimum absolute atomic E-state index is 0.0825. The van der Waals surface area contributed by atoms with E-state index in [4.69, 9.17) is 13.9 Å². The van der Waals surface area contributed by atoms with Crippen molar-refractivity contribution in [2.24, 2.45) is 0 Å². The number of rotatable bonds is 7. The number of nitrogens with zero attached hydrogens (tertiary/aromatic N) is 4. The Morgan fingerprint density at radius 1 is 1.20 bits per heavy atom. The second-order valence-electron chi connectivity index (χ2n) is 7.08. The molecule has 1 atom stereocenters. The second-order valence-corrected chi connectivity index (χ2v) is 7.08. The van der Waals surface area contributed by atoms with Crippen LogP contribution in [0.25, 0.3) is 11.6 Å². The van der Waals surface area contributed by atoms with Gasteiger partial charge >= 0.3 is 0 Å². The third kappa shape index (κ3) is 4.27. The van der Waals surface area contributed by atoms with Crippen molar-refractivity contribution in [3.05, 3.63) is 54.0 Å². The number of carbonyl (C=O) groups is 1. The Morgan fingerprint density at radius 3 is 2.90 bits per heavy atom. The van der Waals surface area contributed by atoms with E-state index in [1.54, 1.807) is 17.2 Å². The molecule has 3 heterocycles. The molecule has 8 heteroatoms. The van der Waals surface area contributed by atoms with Gasteiger partial charge in [0, 0.05) is 12.7 Å². The average molecular weight is 408 g/mol. The molecule has 0 bridgehead atoms. The number of ether oxygens (including phenoxy) is 2. The van der Waals surface area contributed by atoms with E-state index >= 15 is 0 Å². The fourth-order valence-electron chi connectivity index (χ4n) is 3.51. The maximum Gasteiger partial charge on any atom is 0.266 e. The van der Waals surface area contributed by atoms with Gasteiger partial charge in [0.05, 0.1) is 6.61 Å². The maximum atomic E-state index is 12.9. The quantitative estimate of drug-likeness (QED) is 0.590. The zero-order chi connectivity index (χ0) is 20.9. The lowest BCUT2D eigenvalue weighted by molar-refractivity contribution is -0.134. The molecule has 0 saturated carbocycles. The first-order valence-corrected chi connectivity index (χ1v) is 10.1. The third-order valence-electron chi connectivity index (χ3n) is 4.93. The number of hydrogen-bond donors (Lipinski definition) is 0. The van der Waals surface area contributed by atoms with Crippen LogP contribution in [0.4, 0.5) is 0 Å². The van der Waals surface area contributed by atoms with E-state index < -0.39 is 0 Å². The van der Waals surface area contributed by atoms with Gasteiger partial charge in [-0.3, -0.25) is 9.78 Å². The van der Waals surface area contributed by atoms with Gasteiger partial charge in [-0.1, -0.05) is 12.1 Å². The topological polar surface area (TPSA) is 90.6 Å². The van der Waals surface area contributed by atoms with Crippen molar-refractivity contribution in [2.45, 2.75) is 32.7 Å². The normalized spacial score (nSPS) is 15.9. The molecule has 4 rings (SSSR count). The molecule has 8 nitrogen and oxygen atoms in total. The number of carbonyl (C=O) groups excluding carboxylic acids is 1. The highest BCUT2D eigenvalue weighted by Gasteiger charge is 2.34. The summed E-state index contributed by atoms with van der Waals surface area (Å²) in [6, 6.07) is 10.9. The molecule has 1 amide bonds. The van der Waals surface area contributed by atoms with Crippen LogP contribution in [-0.2, 0) is 4.79 Å². The lowest BCUT2D eigenvalue weighted by atomic mass is 10.2. The van der Waals surface area contributed by atoms with Crippen LogP contribution >= 0.6 is 0 Å². The summed E-state index contributed by atoms with van der Waals surface area (Å²) in [4.78, 5) is 18.8. The van der Waals surface area contributed by atoms with Crippen LogP contribution in [-0.4, -0.2) is 45.7 Å². The van der Waals surface area contributed by atoms with Gasteiger partial charge in [0.1, 0.15) is 11.7 Å². The molecular formula is C22H24N4O4. The number of amides is 1. The lowest BCUT2D eigenvalue weighted by Crippen LogP contribution is -2.34. The molecule has 0 N–H and O–H groups in total. The average Bonchev–Trinajstić information content (AvgIpc) is 3.43. The standard InChI is InChI=1S/C22H24N4O4/c1-3-28-19-13-15(2)9-10-18(19)29-14-20(27)26-12-6-8-17(26)22-25-24-21(30-22)16-7-4-5-11-23-16/h4-5,7,9-11,13,17H,3,6,8,12,14H2,1-2H3. The van der Waals surface area contributed by atoms with Gasteiger partial charge in [-0.2, -0.15) is 0 Å². The molecule has 1 fully saturated rings. The second kappa shape index (κ2) is 8.94. The Bertz CT molecular complexity index is 1010. The van der Waals surface area contributed by atoms with E-state index in [-0.39, 0.29) is 18.6 Å². The number of aromatic nitrogens is 3. The Hall–Kier alpha value is -3.42. The van der Waals surface area contributed by atoms with Crippen molar-refractivity contribution in [3.8, 4) is 23.1 Å². The van der Waals surface area contributed by atoms with Crippen molar-refractivity contribution in [2.75, 3.05) is 19.8 Å². The summed E-state index contributed by atoms with van der Waals surface area (Å²) in [6.45, 7) is 4.96. The first-order chi connectivity index (χ1) is 14.7. The molecule has 1 aromatic carbocycles. The molecule has 0 spiro atoms. The maximum absolute atomic E-state index is 12.9. The Morgan fingerprint density at radius 2 is 2.10 bits per heavy atom. The minimum Gasteiger partial charge on any atom is -0.490 e. The molecular weight excluding hydrogens is 384 g/mol. The number of aryl methyl sites for hydroxylation is 1. The predicted molar refractivity (Wildman–Crippen MR) is 109 cm³/mol. The molecule has 30 heavy (non-hydrogen) atoms. The molecule has 0 radical (unpaired) electrons. The van der Waals surface area contributed by atoms with Crippen LogP contribution in [0.5, 0.6) is 11.5 Å². The lowest BCUT2D eigenvalue weighted by Gasteiger charge is -2.22. The van der Waals surface area contributed by atoms with Crippen molar-refractivity contribution in [3.63, 3.8) is 0 Å². The predicted octanol–water partition coefficient (Wildman–Crippen LogP) is 3.58. The zero-order valence-electron chi connectivity index (χ0n) is 17.1. The van der Waals surface area contributed by atoms with Gasteiger partial charge in [0.25, 0.3) is 11.8 Å². The van der Waals surface area contributed by atoms with Crippen LogP contribution < -0.4 is 9.47 Å². The summed E-state index contributed by atoms with van der Waals surface area (Å²) < 4.78 is 17.2. The summed E-state index contributed by atoms with van der Waals surface area (Å²) in [6.07, 6.45) is 3.31. The fourth-order valence-corrected chi connectivity index (χ4v) is 3.51. The highest BCUT2D eigenvalue weighted by atomic mass is 16.5. The van der Waals surface area contributed by atoms with Gasteiger partial charge < -0.3 is 18.8 Å². The van der Waals surface area contributed by atoms with E-state index in [2.05, 4.69) is 15.2 Å². The zero-order valence-corrected chi connectivity index (χ0v) is 17.1. The van der Waals surface area contributed by atoms with Crippen LogP contribution in [0.2, 0.25) is 0 Å². The van der Waals surface area contributed by atoms with Gasteiger partial charge in [-0.25, -0.2) is 0 Å². The molecule has 1 aliphatic rings. The molecule has 156 valence electrons. The third-order valence-corrected chi connectivity index (χ3v) is 4.93. The monoisotopic (exact) mass is 408 g/mol. The van der Waals surface area contributed by atoms with Crippen molar-refractivity contribution in [1.29, 1.82) is 0 Å². The van der Waals surface area contributed by atoms with Crippen LogP contribution in [0.1, 0.15) is 37.3 Å². The highest BCUT2D eigenvalue weighted by molar-refractivity contribution is 5.78. The summed E-state index contributed by atoms with van der Waals surface area (Å²) in [5.41, 5.74) is 1.68. The van der Waals surface area contributed by atoms with Crippen molar-refractivity contribution >= 4 is 5.91 Å². The first kappa shape index (κ1) is 19.9. The number of benzene rings is 1. The molecule has 2 aromatic heterocycles. The smallest absolute Gasteiger partial charge is 0.266 e. The van der Waals surface area contributed by atoms with E-state index in [1.807, 2.05) is 44.2 Å². The van der Waals surface area contributed by atoms with Gasteiger partial charge in [0.2, 0.25) is 5.89 Å². The summed E-state index contributed by atoms with van der Waals surface area (Å²) in [7, 11) is 0. The summed E-state index contributed by atoms with van der Waals surface area (Å²) in [5, 5.41) is 8.26.